The van der Waals surface area contributed by atoms with E-state index in [4.69, 9.17) is 11.6 Å². The van der Waals surface area contributed by atoms with E-state index in [9.17, 15) is 4.39 Å². The highest BCUT2D eigenvalue weighted by molar-refractivity contribution is 6.34. The number of hydrogen-bond acceptors (Lipinski definition) is 4. The van der Waals surface area contributed by atoms with Gasteiger partial charge in [0.15, 0.2) is 0 Å². The summed E-state index contributed by atoms with van der Waals surface area (Å²) in [6, 6.07) is 4.27. The average Bonchev–Trinajstić information content (AvgIpc) is 3.29. The zero-order valence-corrected chi connectivity index (χ0v) is 13.8. The van der Waals surface area contributed by atoms with Crippen molar-refractivity contribution in [3.8, 4) is 11.3 Å². The lowest BCUT2D eigenvalue weighted by molar-refractivity contribution is 0.427. The fourth-order valence-corrected chi connectivity index (χ4v) is 3.28. The van der Waals surface area contributed by atoms with Crippen LogP contribution in [0.4, 0.5) is 10.1 Å². The van der Waals surface area contributed by atoms with Crippen LogP contribution in [0.3, 0.4) is 0 Å². The lowest BCUT2D eigenvalue weighted by atomic mass is 10.1. The molecule has 1 aliphatic heterocycles. The van der Waals surface area contributed by atoms with E-state index in [1.54, 1.807) is 17.1 Å². The Morgan fingerprint density at radius 2 is 2.33 bits per heavy atom. The van der Waals surface area contributed by atoms with Crippen molar-refractivity contribution in [3.05, 3.63) is 29.5 Å². The Morgan fingerprint density at radius 3 is 3.12 bits per heavy atom. The van der Waals surface area contributed by atoms with Crippen LogP contribution in [0.5, 0.6) is 0 Å². The number of nitrogens with zero attached hydrogens (tertiary/aromatic N) is 3. The molecule has 2 aromatic heterocycles. The van der Waals surface area contributed by atoms with Gasteiger partial charge in [-0.3, -0.25) is 9.78 Å². The van der Waals surface area contributed by atoms with Crippen molar-refractivity contribution in [2.24, 2.45) is 0 Å². The number of aryl methyl sites for hydroxylation is 1. The normalized spacial score (nSPS) is 17.7. The number of aromatic nitrogens is 4. The van der Waals surface area contributed by atoms with Gasteiger partial charge in [0.1, 0.15) is 12.4 Å². The lowest BCUT2D eigenvalue weighted by Crippen LogP contribution is -2.22. The third-order valence-electron chi connectivity index (χ3n) is 4.29. The van der Waals surface area contributed by atoms with Gasteiger partial charge in [-0.05, 0) is 25.1 Å². The van der Waals surface area contributed by atoms with E-state index < -0.39 is 6.67 Å². The number of H-pyrrole nitrogens is 1. The van der Waals surface area contributed by atoms with Crippen molar-refractivity contribution in [3.63, 3.8) is 0 Å². The third kappa shape index (κ3) is 2.85. The maximum absolute atomic E-state index is 12.5. The maximum atomic E-state index is 12.5. The predicted molar refractivity (Wildman–Crippen MR) is 93.2 cm³/mol. The molecule has 0 spiro atoms. The summed E-state index contributed by atoms with van der Waals surface area (Å²) < 4.78 is 14.0. The number of rotatable bonds is 5. The molecule has 4 rings (SSSR count). The molecule has 1 fully saturated rings. The molecule has 24 heavy (non-hydrogen) atoms. The van der Waals surface area contributed by atoms with Crippen molar-refractivity contribution >= 4 is 28.2 Å². The van der Waals surface area contributed by atoms with Crippen LogP contribution in [0.25, 0.3) is 22.2 Å². The zero-order chi connectivity index (χ0) is 16.5. The van der Waals surface area contributed by atoms with Gasteiger partial charge in [-0.15, -0.1) is 0 Å². The standard InChI is InChI=1S/C16H18ClFN6/c17-13-6-14-12(5-15(13)21-11-1-3-19-8-11)16(23-22-14)10-7-20-24(9-10)4-2-18/h5-7,9,11,19,21H,1-4,8H2,(H,22,23)/t11-/m1/s1. The Labute approximate surface area is 143 Å². The minimum Gasteiger partial charge on any atom is -0.380 e. The molecule has 0 radical (unpaired) electrons. The summed E-state index contributed by atoms with van der Waals surface area (Å²) in [5.41, 5.74) is 3.41. The van der Waals surface area contributed by atoms with Crippen molar-refractivity contribution in [1.82, 2.24) is 25.3 Å². The smallest absolute Gasteiger partial charge is 0.109 e. The van der Waals surface area contributed by atoms with Crippen LogP contribution in [-0.2, 0) is 6.54 Å². The van der Waals surface area contributed by atoms with Crippen molar-refractivity contribution in [1.29, 1.82) is 0 Å². The molecule has 0 saturated carbocycles. The van der Waals surface area contributed by atoms with Gasteiger partial charge in [0, 0.05) is 29.7 Å². The number of aromatic amines is 1. The maximum Gasteiger partial charge on any atom is 0.109 e. The zero-order valence-electron chi connectivity index (χ0n) is 13.0. The van der Waals surface area contributed by atoms with E-state index >= 15 is 0 Å². The van der Waals surface area contributed by atoms with Gasteiger partial charge in [-0.1, -0.05) is 11.6 Å². The second kappa shape index (κ2) is 6.41. The average molecular weight is 349 g/mol. The van der Waals surface area contributed by atoms with Gasteiger partial charge < -0.3 is 10.6 Å². The van der Waals surface area contributed by atoms with Gasteiger partial charge in [-0.2, -0.15) is 10.2 Å². The van der Waals surface area contributed by atoms with E-state index in [-0.39, 0.29) is 6.54 Å². The molecule has 3 N–H and O–H groups in total. The highest BCUT2D eigenvalue weighted by Gasteiger charge is 2.17. The molecule has 0 bridgehead atoms. The van der Waals surface area contributed by atoms with Crippen LogP contribution >= 0.6 is 11.6 Å². The molecule has 0 aliphatic carbocycles. The fourth-order valence-electron chi connectivity index (χ4n) is 3.06. The minimum atomic E-state index is -0.443. The molecular formula is C16H18ClFN6. The highest BCUT2D eigenvalue weighted by atomic mass is 35.5. The first-order chi connectivity index (χ1) is 11.7. The van der Waals surface area contributed by atoms with Crippen LogP contribution in [0.1, 0.15) is 6.42 Å². The van der Waals surface area contributed by atoms with Crippen molar-refractivity contribution < 1.29 is 4.39 Å². The topological polar surface area (TPSA) is 70.6 Å². The number of alkyl halides is 1. The molecule has 3 heterocycles. The Morgan fingerprint density at radius 1 is 1.42 bits per heavy atom. The molecule has 1 atom stereocenters. The van der Waals surface area contributed by atoms with Gasteiger partial charge in [0.2, 0.25) is 0 Å². The van der Waals surface area contributed by atoms with Crippen LogP contribution in [-0.4, -0.2) is 45.8 Å². The van der Waals surface area contributed by atoms with Crippen LogP contribution < -0.4 is 10.6 Å². The monoisotopic (exact) mass is 348 g/mol. The Hall–Kier alpha value is -2.12. The molecule has 8 heteroatoms. The van der Waals surface area contributed by atoms with E-state index in [1.165, 1.54) is 0 Å². The number of nitrogens with one attached hydrogen (secondary N) is 3. The van der Waals surface area contributed by atoms with Gasteiger partial charge in [0.25, 0.3) is 0 Å². The Balaban J connectivity index is 1.70. The summed E-state index contributed by atoms with van der Waals surface area (Å²) in [6.07, 6.45) is 4.58. The first-order valence-corrected chi connectivity index (χ1v) is 8.36. The van der Waals surface area contributed by atoms with Gasteiger partial charge >= 0.3 is 0 Å². The van der Waals surface area contributed by atoms with Gasteiger partial charge in [0.05, 0.1) is 29.0 Å². The number of hydrogen-bond donors (Lipinski definition) is 3. The number of fused-ring (bicyclic) bond motifs is 1. The van der Waals surface area contributed by atoms with E-state index in [1.807, 2.05) is 12.1 Å². The van der Waals surface area contributed by atoms with E-state index in [2.05, 4.69) is 25.9 Å². The predicted octanol–water partition coefficient (Wildman–Crippen LogP) is 2.82. The molecule has 0 unspecified atom stereocenters. The Kier molecular flexibility index (Phi) is 4.12. The molecule has 0 amide bonds. The molecule has 1 aromatic carbocycles. The Bertz CT molecular complexity index is 851. The summed E-state index contributed by atoms with van der Waals surface area (Å²) in [4.78, 5) is 0. The summed E-state index contributed by atoms with van der Waals surface area (Å²) in [6.45, 7) is 1.75. The van der Waals surface area contributed by atoms with E-state index in [0.29, 0.717) is 11.1 Å². The molecule has 6 nitrogen and oxygen atoms in total. The number of anilines is 1. The molecule has 1 saturated heterocycles. The van der Waals surface area contributed by atoms with Crippen LogP contribution in [0.15, 0.2) is 24.5 Å². The number of benzene rings is 1. The third-order valence-corrected chi connectivity index (χ3v) is 4.60. The largest absolute Gasteiger partial charge is 0.380 e. The molecule has 3 aromatic rings. The number of halogens is 2. The van der Waals surface area contributed by atoms with Crippen LogP contribution in [0, 0.1) is 0 Å². The van der Waals surface area contributed by atoms with Crippen molar-refractivity contribution in [2.75, 3.05) is 25.1 Å². The summed E-state index contributed by atoms with van der Waals surface area (Å²) in [7, 11) is 0. The summed E-state index contributed by atoms with van der Waals surface area (Å²) >= 11 is 6.39. The van der Waals surface area contributed by atoms with E-state index in [0.717, 1.165) is 47.4 Å². The summed E-state index contributed by atoms with van der Waals surface area (Å²) in [5, 5.41) is 20.0. The molecular weight excluding hydrogens is 331 g/mol. The second-order valence-electron chi connectivity index (χ2n) is 5.96. The fraction of sp³-hybridized carbons (Fsp3) is 0.375. The molecule has 126 valence electrons. The van der Waals surface area contributed by atoms with Gasteiger partial charge in [-0.25, -0.2) is 4.39 Å². The first-order valence-electron chi connectivity index (χ1n) is 7.98. The van der Waals surface area contributed by atoms with Crippen molar-refractivity contribution in [2.45, 2.75) is 19.0 Å². The first kappa shape index (κ1) is 15.4. The second-order valence-corrected chi connectivity index (χ2v) is 6.37. The lowest BCUT2D eigenvalue weighted by Gasteiger charge is -2.14. The summed E-state index contributed by atoms with van der Waals surface area (Å²) in [5.74, 6) is 0. The molecule has 1 aliphatic rings. The highest BCUT2D eigenvalue weighted by Crippen LogP contribution is 2.33. The SMILES string of the molecule is FCCn1cc(-c2n[nH]c3cc(Cl)c(N[C@@H]4CCNC4)cc23)cn1. The minimum absolute atomic E-state index is 0.246. The van der Waals surface area contributed by atoms with Crippen LogP contribution in [0.2, 0.25) is 5.02 Å². The quantitative estimate of drug-likeness (QED) is 0.663.